The van der Waals surface area contributed by atoms with Gasteiger partial charge in [0.05, 0.1) is 24.9 Å². The molecule has 0 saturated carbocycles. The second-order valence-corrected chi connectivity index (χ2v) is 4.89. The van der Waals surface area contributed by atoms with Gasteiger partial charge in [-0.2, -0.15) is 0 Å². The smallest absolute Gasteiger partial charge is 0.255 e. The van der Waals surface area contributed by atoms with Gasteiger partial charge >= 0.3 is 0 Å². The predicted octanol–water partition coefficient (Wildman–Crippen LogP) is 1.34. The molecule has 0 aliphatic rings. The highest BCUT2D eigenvalue weighted by atomic mass is 16.5. The molecule has 0 aliphatic carbocycles. The summed E-state index contributed by atoms with van der Waals surface area (Å²) in [6.07, 6.45) is 0. The molecule has 0 bridgehead atoms. The number of carbonyl (C=O) groups is 1. The molecule has 0 saturated heterocycles. The van der Waals surface area contributed by atoms with Crippen molar-refractivity contribution < 1.29 is 14.6 Å². The fraction of sp³-hybridized carbons (Fsp3) is 0.250. The largest absolute Gasteiger partial charge is 0.503 e. The number of nitrogens with zero attached hydrogens (tertiary/aromatic N) is 1. The number of hydrogen-bond donors (Lipinski definition) is 2. The van der Waals surface area contributed by atoms with E-state index in [0.717, 1.165) is 0 Å². The van der Waals surface area contributed by atoms with E-state index in [1.54, 1.807) is 42.8 Å². The fourth-order valence-corrected chi connectivity index (χ4v) is 2.16. The normalized spacial score (nSPS) is 10.3. The lowest BCUT2D eigenvalue weighted by Crippen LogP contribution is -2.26. The molecule has 0 fully saturated rings. The molecule has 0 aliphatic heterocycles. The van der Waals surface area contributed by atoms with Gasteiger partial charge in [-0.15, -0.1) is 0 Å². The van der Waals surface area contributed by atoms with Gasteiger partial charge in [-0.25, -0.2) is 0 Å². The first-order valence-electron chi connectivity index (χ1n) is 6.75. The monoisotopic (exact) mass is 302 g/mol. The van der Waals surface area contributed by atoms with Gasteiger partial charge < -0.3 is 19.7 Å². The van der Waals surface area contributed by atoms with Gasteiger partial charge in [0.2, 0.25) is 5.43 Å². The van der Waals surface area contributed by atoms with Crippen LogP contribution in [-0.4, -0.2) is 22.7 Å². The number of amides is 1. The molecule has 1 amide bonds. The number of pyridine rings is 1. The van der Waals surface area contributed by atoms with Gasteiger partial charge in [0.15, 0.2) is 5.75 Å². The molecule has 6 heteroatoms. The highest BCUT2D eigenvalue weighted by Gasteiger charge is 2.14. The number of carbonyl (C=O) groups excluding carboxylic acids is 1. The summed E-state index contributed by atoms with van der Waals surface area (Å²) in [4.78, 5) is 23.9. The van der Waals surface area contributed by atoms with Crippen molar-refractivity contribution in [2.75, 3.05) is 7.11 Å². The maximum Gasteiger partial charge on any atom is 0.255 e. The third-order valence-electron chi connectivity index (χ3n) is 3.55. The fourth-order valence-electron chi connectivity index (χ4n) is 2.16. The third kappa shape index (κ3) is 2.95. The van der Waals surface area contributed by atoms with Gasteiger partial charge in [0.25, 0.3) is 5.91 Å². The van der Waals surface area contributed by atoms with Crippen LogP contribution in [0.4, 0.5) is 0 Å². The Labute approximate surface area is 128 Å². The minimum atomic E-state index is -0.461. The van der Waals surface area contributed by atoms with Crippen LogP contribution in [0.2, 0.25) is 0 Å². The number of benzene rings is 1. The lowest BCUT2D eigenvalue weighted by atomic mass is 10.2. The second-order valence-electron chi connectivity index (χ2n) is 4.89. The average Bonchev–Trinajstić information content (AvgIpc) is 2.52. The lowest BCUT2D eigenvalue weighted by Gasteiger charge is -2.14. The van der Waals surface area contributed by atoms with Crippen molar-refractivity contribution in [2.45, 2.75) is 13.5 Å². The first-order valence-corrected chi connectivity index (χ1v) is 6.75. The van der Waals surface area contributed by atoms with Gasteiger partial charge in [0, 0.05) is 18.8 Å². The van der Waals surface area contributed by atoms with E-state index in [1.165, 1.54) is 13.2 Å². The van der Waals surface area contributed by atoms with Crippen molar-refractivity contribution in [3.8, 4) is 11.5 Å². The number of ether oxygens (including phenoxy) is 1. The van der Waals surface area contributed by atoms with Crippen LogP contribution in [-0.2, 0) is 13.6 Å². The van der Waals surface area contributed by atoms with Crippen LogP contribution in [0.1, 0.15) is 21.7 Å². The Morgan fingerprint density at radius 1 is 1.36 bits per heavy atom. The Balaban J connectivity index is 2.24. The number of hydrogen-bond acceptors (Lipinski definition) is 4. The van der Waals surface area contributed by atoms with Crippen molar-refractivity contribution in [1.82, 2.24) is 9.88 Å². The van der Waals surface area contributed by atoms with Crippen LogP contribution >= 0.6 is 0 Å². The standard InChI is InChI=1S/C16H18N2O4/c1-10-8-13(19)15(20)12(18(10)2)9-17-16(21)11-6-4-5-7-14(11)22-3/h4-8,20H,9H2,1-3H3,(H,17,21). The maximum atomic E-state index is 12.2. The summed E-state index contributed by atoms with van der Waals surface area (Å²) < 4.78 is 6.80. The molecule has 1 aromatic carbocycles. The minimum Gasteiger partial charge on any atom is -0.503 e. The van der Waals surface area contributed by atoms with E-state index < -0.39 is 5.43 Å². The Hall–Kier alpha value is -2.76. The number of aromatic hydroxyl groups is 1. The van der Waals surface area contributed by atoms with Gasteiger partial charge in [-0.3, -0.25) is 9.59 Å². The van der Waals surface area contributed by atoms with E-state index in [0.29, 0.717) is 22.7 Å². The molecule has 1 heterocycles. The minimum absolute atomic E-state index is 0.0378. The van der Waals surface area contributed by atoms with Crippen LogP contribution < -0.4 is 15.5 Å². The van der Waals surface area contributed by atoms with Crippen LogP contribution in [0.15, 0.2) is 35.1 Å². The molecular formula is C16H18N2O4. The molecule has 0 spiro atoms. The molecule has 6 nitrogen and oxygen atoms in total. The molecule has 2 rings (SSSR count). The molecule has 116 valence electrons. The quantitative estimate of drug-likeness (QED) is 0.893. The van der Waals surface area contributed by atoms with Crippen molar-refractivity contribution in [3.05, 3.63) is 57.5 Å². The van der Waals surface area contributed by atoms with Crippen molar-refractivity contribution >= 4 is 5.91 Å². The van der Waals surface area contributed by atoms with E-state index in [1.807, 2.05) is 0 Å². The summed E-state index contributed by atoms with van der Waals surface area (Å²) in [6.45, 7) is 1.79. The Morgan fingerprint density at radius 3 is 2.73 bits per heavy atom. The van der Waals surface area contributed by atoms with E-state index >= 15 is 0 Å². The van der Waals surface area contributed by atoms with Crippen molar-refractivity contribution in [2.24, 2.45) is 7.05 Å². The van der Waals surface area contributed by atoms with Crippen LogP contribution in [0.3, 0.4) is 0 Å². The highest BCUT2D eigenvalue weighted by Crippen LogP contribution is 2.18. The second kappa shape index (κ2) is 6.34. The van der Waals surface area contributed by atoms with Crippen LogP contribution in [0, 0.1) is 6.92 Å². The van der Waals surface area contributed by atoms with E-state index in [4.69, 9.17) is 4.74 Å². The van der Waals surface area contributed by atoms with Crippen LogP contribution in [0.25, 0.3) is 0 Å². The summed E-state index contributed by atoms with van der Waals surface area (Å²) in [5.41, 5.74) is 0.983. The van der Waals surface area contributed by atoms with Crippen molar-refractivity contribution in [3.63, 3.8) is 0 Å². The first kappa shape index (κ1) is 15.6. The summed E-state index contributed by atoms with van der Waals surface area (Å²) in [6, 6.07) is 8.18. The van der Waals surface area contributed by atoms with Gasteiger partial charge in [-0.1, -0.05) is 12.1 Å². The summed E-state index contributed by atoms with van der Waals surface area (Å²) in [7, 11) is 3.21. The average molecular weight is 302 g/mol. The zero-order chi connectivity index (χ0) is 16.3. The number of aryl methyl sites for hydroxylation is 1. The van der Waals surface area contributed by atoms with Crippen LogP contribution in [0.5, 0.6) is 11.5 Å². The zero-order valence-electron chi connectivity index (χ0n) is 12.7. The number of para-hydroxylation sites is 1. The molecule has 22 heavy (non-hydrogen) atoms. The highest BCUT2D eigenvalue weighted by molar-refractivity contribution is 5.96. The third-order valence-corrected chi connectivity index (χ3v) is 3.55. The SMILES string of the molecule is COc1ccccc1C(=O)NCc1c(O)c(=O)cc(C)n1C. The van der Waals surface area contributed by atoms with E-state index in [9.17, 15) is 14.7 Å². The molecule has 1 aromatic heterocycles. The molecule has 2 aromatic rings. The molecule has 2 N–H and O–H groups in total. The molecular weight excluding hydrogens is 284 g/mol. The van der Waals surface area contributed by atoms with Gasteiger partial charge in [0.1, 0.15) is 5.75 Å². The van der Waals surface area contributed by atoms with Gasteiger partial charge in [-0.05, 0) is 19.1 Å². The maximum absolute atomic E-state index is 12.2. The number of rotatable bonds is 4. The zero-order valence-corrected chi connectivity index (χ0v) is 12.7. The Morgan fingerprint density at radius 2 is 2.05 bits per heavy atom. The summed E-state index contributed by atoms with van der Waals surface area (Å²) in [5.74, 6) is -0.235. The molecule has 0 radical (unpaired) electrons. The Kier molecular flexibility index (Phi) is 4.50. The number of methoxy groups -OCH3 is 1. The first-order chi connectivity index (χ1) is 10.5. The van der Waals surface area contributed by atoms with Crippen molar-refractivity contribution in [1.29, 1.82) is 0 Å². The van der Waals surface area contributed by atoms with E-state index in [2.05, 4.69) is 5.32 Å². The Bertz CT molecular complexity index is 765. The summed E-state index contributed by atoms with van der Waals surface area (Å²) >= 11 is 0. The molecule has 0 unspecified atom stereocenters. The summed E-state index contributed by atoms with van der Waals surface area (Å²) in [5, 5.41) is 12.6. The molecule has 0 atom stereocenters. The topological polar surface area (TPSA) is 80.6 Å². The number of nitrogens with one attached hydrogen (secondary N) is 1. The predicted molar refractivity (Wildman–Crippen MR) is 82.2 cm³/mol. The van der Waals surface area contributed by atoms with E-state index in [-0.39, 0.29) is 18.2 Å². The lowest BCUT2D eigenvalue weighted by molar-refractivity contribution is 0.0946. The number of aromatic nitrogens is 1.